The first kappa shape index (κ1) is 18.1. The summed E-state index contributed by atoms with van der Waals surface area (Å²) in [6.07, 6.45) is -0.0491. The highest BCUT2D eigenvalue weighted by molar-refractivity contribution is 9.10. The number of ether oxygens (including phenoxy) is 1. The van der Waals surface area contributed by atoms with Crippen molar-refractivity contribution in [3.05, 3.63) is 50.4 Å². The molecule has 0 fully saturated rings. The van der Waals surface area contributed by atoms with E-state index in [-0.39, 0.29) is 12.0 Å². The maximum Gasteiger partial charge on any atom is 0.244 e. The molecule has 1 aromatic heterocycles. The van der Waals surface area contributed by atoms with Crippen LogP contribution < -0.4 is 11.1 Å². The van der Waals surface area contributed by atoms with Gasteiger partial charge in [0.1, 0.15) is 16.7 Å². The summed E-state index contributed by atoms with van der Waals surface area (Å²) in [7, 11) is 1.64. The van der Waals surface area contributed by atoms with Crippen molar-refractivity contribution in [1.82, 2.24) is 10.3 Å². The zero-order valence-corrected chi connectivity index (χ0v) is 15.7. The monoisotopic (exact) mass is 397 g/mol. The Hall–Kier alpha value is -1.28. The zero-order valence-electron chi connectivity index (χ0n) is 13.3. The smallest absolute Gasteiger partial charge is 0.244 e. The van der Waals surface area contributed by atoms with E-state index in [1.165, 1.54) is 11.3 Å². The van der Waals surface area contributed by atoms with Gasteiger partial charge < -0.3 is 15.8 Å². The number of methoxy groups -OCH3 is 1. The Kier molecular flexibility index (Phi) is 5.91. The molecule has 0 aliphatic rings. The molecular formula is C16H20BrN3O2S. The van der Waals surface area contributed by atoms with E-state index in [0.717, 1.165) is 20.7 Å². The fourth-order valence-electron chi connectivity index (χ4n) is 1.97. The first-order chi connectivity index (χ1) is 10.8. The Bertz CT molecular complexity index is 670. The number of halogens is 1. The fraction of sp³-hybridized carbons (Fsp3) is 0.375. The average molecular weight is 398 g/mol. The molecule has 0 saturated carbocycles. The molecule has 5 nitrogen and oxygen atoms in total. The predicted molar refractivity (Wildman–Crippen MR) is 95.1 cm³/mol. The fourth-order valence-corrected chi connectivity index (χ4v) is 3.09. The van der Waals surface area contributed by atoms with E-state index in [1.807, 2.05) is 36.6 Å². The van der Waals surface area contributed by atoms with Gasteiger partial charge >= 0.3 is 0 Å². The van der Waals surface area contributed by atoms with Crippen molar-refractivity contribution in [2.24, 2.45) is 5.73 Å². The molecule has 0 saturated heterocycles. The second-order valence-corrected chi connectivity index (χ2v) is 7.25. The standard InChI is InChI=1S/C16H20BrN3O2S/c1-10(22-3)14-20-13(9-23-14)8-19-15(21)16(2,18)11-4-6-12(17)7-5-11/h4-7,9-10H,8,18H2,1-3H3,(H,19,21). The lowest BCUT2D eigenvalue weighted by atomic mass is 9.92. The van der Waals surface area contributed by atoms with Gasteiger partial charge in [0.15, 0.2) is 0 Å². The van der Waals surface area contributed by atoms with Gasteiger partial charge in [0, 0.05) is 17.0 Å². The molecule has 0 aliphatic heterocycles. The maximum absolute atomic E-state index is 12.4. The van der Waals surface area contributed by atoms with Crippen LogP contribution in [0.2, 0.25) is 0 Å². The number of amides is 1. The Morgan fingerprint density at radius 1 is 1.48 bits per heavy atom. The van der Waals surface area contributed by atoms with Crippen LogP contribution in [-0.2, 0) is 21.6 Å². The summed E-state index contributed by atoms with van der Waals surface area (Å²) in [4.78, 5) is 16.9. The van der Waals surface area contributed by atoms with E-state index < -0.39 is 5.54 Å². The predicted octanol–water partition coefficient (Wildman–Crippen LogP) is 3.10. The van der Waals surface area contributed by atoms with Crippen LogP contribution in [0.4, 0.5) is 0 Å². The number of carbonyl (C=O) groups excluding carboxylic acids is 1. The number of nitrogens with two attached hydrogens (primary N) is 1. The Morgan fingerprint density at radius 3 is 2.74 bits per heavy atom. The van der Waals surface area contributed by atoms with Gasteiger partial charge in [-0.2, -0.15) is 0 Å². The van der Waals surface area contributed by atoms with E-state index >= 15 is 0 Å². The van der Waals surface area contributed by atoms with Crippen LogP contribution in [-0.4, -0.2) is 18.0 Å². The number of hydrogen-bond donors (Lipinski definition) is 2. The van der Waals surface area contributed by atoms with Gasteiger partial charge in [-0.05, 0) is 31.5 Å². The maximum atomic E-state index is 12.4. The highest BCUT2D eigenvalue weighted by Gasteiger charge is 2.30. The molecule has 1 amide bonds. The summed E-state index contributed by atoms with van der Waals surface area (Å²) in [5, 5.41) is 5.65. The number of rotatable bonds is 6. The lowest BCUT2D eigenvalue weighted by Crippen LogP contribution is -2.48. The molecule has 2 unspecified atom stereocenters. The molecule has 124 valence electrons. The lowest BCUT2D eigenvalue weighted by Gasteiger charge is -2.24. The largest absolute Gasteiger partial charge is 0.375 e. The third kappa shape index (κ3) is 4.38. The summed E-state index contributed by atoms with van der Waals surface area (Å²) >= 11 is 4.89. The van der Waals surface area contributed by atoms with Gasteiger partial charge in [-0.25, -0.2) is 4.98 Å². The molecule has 7 heteroatoms. The van der Waals surface area contributed by atoms with Crippen LogP contribution in [0.3, 0.4) is 0 Å². The molecular weight excluding hydrogens is 378 g/mol. The minimum absolute atomic E-state index is 0.0491. The molecule has 23 heavy (non-hydrogen) atoms. The molecule has 0 aliphatic carbocycles. The molecule has 2 rings (SSSR count). The zero-order chi connectivity index (χ0) is 17.0. The number of carbonyl (C=O) groups is 1. The van der Waals surface area contributed by atoms with Crippen molar-refractivity contribution < 1.29 is 9.53 Å². The van der Waals surface area contributed by atoms with Crippen molar-refractivity contribution in [2.75, 3.05) is 7.11 Å². The second kappa shape index (κ2) is 7.53. The summed E-state index contributed by atoms with van der Waals surface area (Å²) in [5.74, 6) is -0.242. The molecule has 0 spiro atoms. The van der Waals surface area contributed by atoms with Crippen LogP contribution in [0.5, 0.6) is 0 Å². The number of benzene rings is 1. The van der Waals surface area contributed by atoms with Crippen LogP contribution in [0, 0.1) is 0 Å². The Labute approximate surface area is 148 Å². The quantitative estimate of drug-likeness (QED) is 0.784. The van der Waals surface area contributed by atoms with Crippen molar-refractivity contribution >= 4 is 33.2 Å². The second-order valence-electron chi connectivity index (χ2n) is 5.45. The SMILES string of the molecule is COC(C)c1nc(CNC(=O)C(C)(N)c2ccc(Br)cc2)cs1. The lowest BCUT2D eigenvalue weighted by molar-refractivity contribution is -0.126. The van der Waals surface area contributed by atoms with E-state index in [1.54, 1.807) is 14.0 Å². The Balaban J connectivity index is 2.01. The summed E-state index contributed by atoms with van der Waals surface area (Å²) < 4.78 is 6.18. The van der Waals surface area contributed by atoms with E-state index in [4.69, 9.17) is 10.5 Å². The van der Waals surface area contributed by atoms with E-state index in [9.17, 15) is 4.79 Å². The van der Waals surface area contributed by atoms with Crippen molar-refractivity contribution in [2.45, 2.75) is 32.0 Å². The van der Waals surface area contributed by atoms with Crippen LogP contribution in [0.25, 0.3) is 0 Å². The van der Waals surface area contributed by atoms with Gasteiger partial charge in [-0.3, -0.25) is 4.79 Å². The van der Waals surface area contributed by atoms with Gasteiger partial charge in [0.25, 0.3) is 0 Å². The number of thiazole rings is 1. The minimum Gasteiger partial charge on any atom is -0.375 e. The first-order valence-corrected chi connectivity index (χ1v) is 8.82. The number of nitrogens with zero attached hydrogens (tertiary/aromatic N) is 1. The average Bonchev–Trinajstić information content (AvgIpc) is 3.01. The molecule has 0 bridgehead atoms. The molecule has 3 N–H and O–H groups in total. The third-order valence-corrected chi connectivity index (χ3v) is 5.20. The van der Waals surface area contributed by atoms with E-state index in [2.05, 4.69) is 26.2 Å². The molecule has 2 atom stereocenters. The minimum atomic E-state index is -1.10. The molecule has 0 radical (unpaired) electrons. The molecule has 2 aromatic rings. The third-order valence-electron chi connectivity index (χ3n) is 3.62. The molecule has 1 heterocycles. The van der Waals surface area contributed by atoms with Gasteiger partial charge in [-0.1, -0.05) is 28.1 Å². The van der Waals surface area contributed by atoms with Crippen LogP contribution in [0.1, 0.15) is 36.2 Å². The highest BCUT2D eigenvalue weighted by Crippen LogP contribution is 2.22. The molecule has 1 aromatic carbocycles. The van der Waals surface area contributed by atoms with Gasteiger partial charge in [0.05, 0.1) is 12.2 Å². The summed E-state index contributed by atoms with van der Waals surface area (Å²) in [6.45, 7) is 3.98. The summed E-state index contributed by atoms with van der Waals surface area (Å²) in [5.41, 5.74) is 6.66. The number of nitrogens with one attached hydrogen (secondary N) is 1. The van der Waals surface area contributed by atoms with Crippen molar-refractivity contribution in [1.29, 1.82) is 0 Å². The number of hydrogen-bond acceptors (Lipinski definition) is 5. The van der Waals surface area contributed by atoms with Crippen molar-refractivity contribution in [3.63, 3.8) is 0 Å². The topological polar surface area (TPSA) is 77.2 Å². The highest BCUT2D eigenvalue weighted by atomic mass is 79.9. The van der Waals surface area contributed by atoms with Gasteiger partial charge in [0.2, 0.25) is 5.91 Å². The van der Waals surface area contributed by atoms with E-state index in [0.29, 0.717) is 6.54 Å². The van der Waals surface area contributed by atoms with Crippen LogP contribution in [0.15, 0.2) is 34.1 Å². The Morgan fingerprint density at radius 2 is 2.13 bits per heavy atom. The van der Waals surface area contributed by atoms with Crippen LogP contribution >= 0.6 is 27.3 Å². The first-order valence-electron chi connectivity index (χ1n) is 7.15. The number of aromatic nitrogens is 1. The normalized spacial score (nSPS) is 15.0. The van der Waals surface area contributed by atoms with Crippen molar-refractivity contribution in [3.8, 4) is 0 Å². The summed E-state index contributed by atoms with van der Waals surface area (Å²) in [6, 6.07) is 7.41. The van der Waals surface area contributed by atoms with Gasteiger partial charge in [-0.15, -0.1) is 11.3 Å².